The zero-order chi connectivity index (χ0) is 15.1. The van der Waals surface area contributed by atoms with Crippen LogP contribution in [-0.2, 0) is 0 Å². The molecule has 0 spiro atoms. The summed E-state index contributed by atoms with van der Waals surface area (Å²) in [6.07, 6.45) is 0. The summed E-state index contributed by atoms with van der Waals surface area (Å²) >= 11 is 0. The normalized spacial score (nSPS) is 11.4. The van der Waals surface area contributed by atoms with Crippen LogP contribution in [-0.4, -0.2) is 46.6 Å². The van der Waals surface area contributed by atoms with Crippen LogP contribution in [0.5, 0.6) is 5.88 Å². The van der Waals surface area contributed by atoms with Crippen molar-refractivity contribution in [1.29, 1.82) is 0 Å². The van der Waals surface area contributed by atoms with Gasteiger partial charge in [-0.05, 0) is 41.5 Å². The Labute approximate surface area is 122 Å². The number of ether oxygens (including phenoxy) is 1. The predicted octanol–water partition coefficient (Wildman–Crippen LogP) is 2.71. The van der Waals surface area contributed by atoms with Gasteiger partial charge in [0, 0.05) is 31.2 Å². The van der Waals surface area contributed by atoms with Crippen molar-refractivity contribution in [2.24, 2.45) is 0 Å². The average molecular weight is 280 g/mol. The number of rotatable bonds is 8. The summed E-state index contributed by atoms with van der Waals surface area (Å²) in [6, 6.07) is 2.94. The molecule has 0 radical (unpaired) electrons. The summed E-state index contributed by atoms with van der Waals surface area (Å²) in [5.74, 6) is 2.18. The first-order chi connectivity index (χ1) is 9.43. The van der Waals surface area contributed by atoms with Gasteiger partial charge in [0.25, 0.3) is 0 Å². The molecule has 1 heterocycles. The van der Waals surface area contributed by atoms with Crippen molar-refractivity contribution in [2.75, 3.05) is 25.0 Å². The van der Waals surface area contributed by atoms with Gasteiger partial charge >= 0.3 is 0 Å². The van der Waals surface area contributed by atoms with Gasteiger partial charge < -0.3 is 10.1 Å². The quantitative estimate of drug-likeness (QED) is 0.793. The maximum absolute atomic E-state index is 5.43. The minimum atomic E-state index is 0.544. The van der Waals surface area contributed by atoms with Crippen molar-refractivity contribution in [3.63, 3.8) is 0 Å². The highest BCUT2D eigenvalue weighted by Gasteiger charge is 2.12. The number of anilines is 1. The lowest BCUT2D eigenvalue weighted by Crippen LogP contribution is -2.40. The summed E-state index contributed by atoms with van der Waals surface area (Å²) < 4.78 is 5.43. The molecule has 0 aliphatic carbocycles. The molecule has 0 atom stereocenters. The smallest absolute Gasteiger partial charge is 0.218 e. The predicted molar refractivity (Wildman–Crippen MR) is 83.4 cm³/mol. The fraction of sp³-hybridized carbons (Fsp3) is 0.733. The minimum Gasteiger partial charge on any atom is -0.478 e. The maximum Gasteiger partial charge on any atom is 0.218 e. The molecular formula is C15H28N4O. The van der Waals surface area contributed by atoms with Gasteiger partial charge in [0.1, 0.15) is 11.6 Å². The van der Waals surface area contributed by atoms with Gasteiger partial charge in [0.05, 0.1) is 6.61 Å². The average Bonchev–Trinajstić information content (AvgIpc) is 2.33. The van der Waals surface area contributed by atoms with E-state index in [2.05, 4.69) is 47.9 Å². The van der Waals surface area contributed by atoms with Gasteiger partial charge in [-0.15, -0.1) is 0 Å². The summed E-state index contributed by atoms with van der Waals surface area (Å²) in [5, 5.41) is 3.35. The fourth-order valence-corrected chi connectivity index (χ4v) is 2.28. The monoisotopic (exact) mass is 280 g/mol. The van der Waals surface area contributed by atoms with E-state index < -0.39 is 0 Å². The van der Waals surface area contributed by atoms with Crippen molar-refractivity contribution in [2.45, 2.75) is 53.6 Å². The lowest BCUT2D eigenvalue weighted by molar-refractivity contribution is 0.182. The first-order valence-electron chi connectivity index (χ1n) is 7.42. The molecule has 5 heteroatoms. The van der Waals surface area contributed by atoms with E-state index in [0.717, 1.165) is 24.7 Å². The third-order valence-electron chi connectivity index (χ3n) is 3.11. The fourth-order valence-electron chi connectivity index (χ4n) is 2.28. The van der Waals surface area contributed by atoms with Crippen LogP contribution in [0.1, 0.15) is 40.4 Å². The summed E-state index contributed by atoms with van der Waals surface area (Å²) in [6.45, 7) is 15.2. The van der Waals surface area contributed by atoms with Crippen molar-refractivity contribution in [3.05, 3.63) is 11.9 Å². The topological polar surface area (TPSA) is 50.3 Å². The van der Waals surface area contributed by atoms with Crippen molar-refractivity contribution < 1.29 is 4.74 Å². The molecule has 0 saturated carbocycles. The molecular weight excluding hydrogens is 252 g/mol. The molecule has 1 aromatic heterocycles. The largest absolute Gasteiger partial charge is 0.478 e. The zero-order valence-corrected chi connectivity index (χ0v) is 13.6. The Morgan fingerprint density at radius 1 is 1.20 bits per heavy atom. The molecule has 0 unspecified atom stereocenters. The highest BCUT2D eigenvalue weighted by molar-refractivity contribution is 5.38. The molecule has 1 aromatic rings. The van der Waals surface area contributed by atoms with E-state index in [9.17, 15) is 0 Å². The Morgan fingerprint density at radius 2 is 1.85 bits per heavy atom. The number of nitrogens with zero attached hydrogens (tertiary/aromatic N) is 3. The number of hydrogen-bond donors (Lipinski definition) is 1. The third-order valence-corrected chi connectivity index (χ3v) is 3.11. The first-order valence-corrected chi connectivity index (χ1v) is 7.42. The Bertz CT molecular complexity index is 399. The van der Waals surface area contributed by atoms with E-state index in [0.29, 0.717) is 24.6 Å². The van der Waals surface area contributed by atoms with Gasteiger partial charge in [-0.3, -0.25) is 4.90 Å². The van der Waals surface area contributed by atoms with Crippen molar-refractivity contribution in [3.8, 4) is 5.88 Å². The molecule has 114 valence electrons. The lowest BCUT2D eigenvalue weighted by Gasteiger charge is -2.30. The second-order valence-corrected chi connectivity index (χ2v) is 5.42. The third kappa shape index (κ3) is 5.33. The second-order valence-electron chi connectivity index (χ2n) is 5.42. The molecule has 0 aromatic carbocycles. The van der Waals surface area contributed by atoms with Gasteiger partial charge in [-0.25, -0.2) is 4.98 Å². The number of aryl methyl sites for hydroxylation is 1. The molecule has 0 amide bonds. The Kier molecular flexibility index (Phi) is 6.71. The highest BCUT2D eigenvalue weighted by Crippen LogP contribution is 2.13. The molecule has 0 fully saturated rings. The SMILES string of the molecule is CCOc1cc(NCCN(C(C)C)C(C)C)nc(C)n1. The van der Waals surface area contributed by atoms with E-state index in [1.165, 1.54) is 0 Å². The van der Waals surface area contributed by atoms with E-state index in [4.69, 9.17) is 4.74 Å². The molecule has 0 bridgehead atoms. The molecule has 1 rings (SSSR count). The number of hydrogen-bond acceptors (Lipinski definition) is 5. The van der Waals surface area contributed by atoms with Gasteiger partial charge in [0.15, 0.2) is 0 Å². The molecule has 20 heavy (non-hydrogen) atoms. The molecule has 5 nitrogen and oxygen atoms in total. The van der Waals surface area contributed by atoms with Crippen molar-refractivity contribution >= 4 is 5.82 Å². The highest BCUT2D eigenvalue weighted by atomic mass is 16.5. The Morgan fingerprint density at radius 3 is 2.40 bits per heavy atom. The van der Waals surface area contributed by atoms with Crippen LogP contribution in [0.15, 0.2) is 6.07 Å². The van der Waals surface area contributed by atoms with Crippen LogP contribution in [0.3, 0.4) is 0 Å². The second kappa shape index (κ2) is 8.04. The zero-order valence-electron chi connectivity index (χ0n) is 13.6. The Balaban J connectivity index is 2.56. The van der Waals surface area contributed by atoms with Crippen molar-refractivity contribution in [1.82, 2.24) is 14.9 Å². The van der Waals surface area contributed by atoms with E-state index in [1.807, 2.05) is 19.9 Å². The first kappa shape index (κ1) is 16.7. The Hall–Kier alpha value is -1.36. The molecule has 0 aliphatic heterocycles. The van der Waals surface area contributed by atoms with Gasteiger partial charge in [-0.2, -0.15) is 4.98 Å². The summed E-state index contributed by atoms with van der Waals surface area (Å²) in [5.41, 5.74) is 0. The van der Waals surface area contributed by atoms with E-state index in [1.54, 1.807) is 0 Å². The standard InChI is InChI=1S/C15H28N4O/c1-7-20-15-10-14(17-13(6)18-15)16-8-9-19(11(2)3)12(4)5/h10-12H,7-9H2,1-6H3,(H,16,17,18). The van der Waals surface area contributed by atoms with Crippen LogP contribution in [0.2, 0.25) is 0 Å². The number of aromatic nitrogens is 2. The van der Waals surface area contributed by atoms with Gasteiger partial charge in [0.2, 0.25) is 5.88 Å². The molecule has 1 N–H and O–H groups in total. The van der Waals surface area contributed by atoms with Crippen LogP contribution in [0, 0.1) is 6.92 Å². The summed E-state index contributed by atoms with van der Waals surface area (Å²) in [4.78, 5) is 11.1. The maximum atomic E-state index is 5.43. The summed E-state index contributed by atoms with van der Waals surface area (Å²) in [7, 11) is 0. The lowest BCUT2D eigenvalue weighted by atomic mass is 10.2. The van der Waals surface area contributed by atoms with Crippen LogP contribution in [0.25, 0.3) is 0 Å². The molecule has 0 aliphatic rings. The van der Waals surface area contributed by atoms with E-state index in [-0.39, 0.29) is 0 Å². The van der Waals surface area contributed by atoms with Crippen LogP contribution >= 0.6 is 0 Å². The number of nitrogens with one attached hydrogen (secondary N) is 1. The van der Waals surface area contributed by atoms with Crippen LogP contribution in [0.4, 0.5) is 5.82 Å². The van der Waals surface area contributed by atoms with Crippen LogP contribution < -0.4 is 10.1 Å². The molecule has 0 saturated heterocycles. The van der Waals surface area contributed by atoms with E-state index >= 15 is 0 Å². The minimum absolute atomic E-state index is 0.544. The van der Waals surface area contributed by atoms with Gasteiger partial charge in [-0.1, -0.05) is 0 Å².